The van der Waals surface area contributed by atoms with E-state index in [0.717, 1.165) is 0 Å². The molecule has 7 nitrogen and oxygen atoms in total. The van der Waals surface area contributed by atoms with E-state index in [2.05, 4.69) is 10.0 Å². The molecular weight excluding hydrogens is 344 g/mol. The second-order valence-electron chi connectivity index (χ2n) is 5.08. The molecule has 23 heavy (non-hydrogen) atoms. The van der Waals surface area contributed by atoms with Crippen LogP contribution in [0.2, 0.25) is 5.02 Å². The highest BCUT2D eigenvalue weighted by Gasteiger charge is 2.17. The molecule has 1 aromatic carbocycles. The summed E-state index contributed by atoms with van der Waals surface area (Å²) in [4.78, 5) is 11.5. The molecule has 1 rings (SSSR count). The van der Waals surface area contributed by atoms with Gasteiger partial charge in [-0.05, 0) is 38.5 Å². The zero-order chi connectivity index (χ0) is 17.5. The standard InChI is InChI=1S/C14H21ClN2O5S/c1-10(2)17-23(20,21)11-4-5-13(12(15)8-11)22-9-14(19)16-6-3-7-18/h4-5,8,10,17-18H,3,6-7,9H2,1-2H3,(H,16,19). The number of nitrogens with one attached hydrogen (secondary N) is 2. The van der Waals surface area contributed by atoms with Gasteiger partial charge in [0.15, 0.2) is 6.61 Å². The van der Waals surface area contributed by atoms with E-state index in [-0.39, 0.29) is 40.8 Å². The van der Waals surface area contributed by atoms with Crippen LogP contribution in [0.1, 0.15) is 20.3 Å². The van der Waals surface area contributed by atoms with Gasteiger partial charge in [-0.1, -0.05) is 11.6 Å². The van der Waals surface area contributed by atoms with Crippen molar-refractivity contribution in [3.8, 4) is 5.75 Å². The van der Waals surface area contributed by atoms with Crippen LogP contribution >= 0.6 is 11.6 Å². The Balaban J connectivity index is 2.68. The van der Waals surface area contributed by atoms with Gasteiger partial charge in [0.05, 0.1) is 9.92 Å². The summed E-state index contributed by atoms with van der Waals surface area (Å²) < 4.78 is 31.8. The normalized spacial score (nSPS) is 11.5. The van der Waals surface area contributed by atoms with Gasteiger partial charge in [0.2, 0.25) is 10.0 Å². The van der Waals surface area contributed by atoms with E-state index >= 15 is 0 Å². The molecule has 0 radical (unpaired) electrons. The predicted molar refractivity (Wildman–Crippen MR) is 87.1 cm³/mol. The van der Waals surface area contributed by atoms with Crippen molar-refractivity contribution >= 4 is 27.5 Å². The molecule has 130 valence electrons. The zero-order valence-electron chi connectivity index (χ0n) is 13.0. The monoisotopic (exact) mass is 364 g/mol. The number of hydrogen-bond acceptors (Lipinski definition) is 5. The molecule has 3 N–H and O–H groups in total. The van der Waals surface area contributed by atoms with Crippen molar-refractivity contribution in [2.24, 2.45) is 0 Å². The lowest BCUT2D eigenvalue weighted by molar-refractivity contribution is -0.123. The van der Waals surface area contributed by atoms with Crippen molar-refractivity contribution < 1.29 is 23.1 Å². The zero-order valence-corrected chi connectivity index (χ0v) is 14.6. The third-order valence-corrected chi connectivity index (χ3v) is 4.57. The average molecular weight is 365 g/mol. The van der Waals surface area contributed by atoms with Gasteiger partial charge in [0.25, 0.3) is 5.91 Å². The molecule has 0 fully saturated rings. The van der Waals surface area contributed by atoms with Crippen LogP contribution in [-0.2, 0) is 14.8 Å². The summed E-state index contributed by atoms with van der Waals surface area (Å²) in [6, 6.07) is 3.79. The van der Waals surface area contributed by atoms with Gasteiger partial charge in [-0.15, -0.1) is 0 Å². The summed E-state index contributed by atoms with van der Waals surface area (Å²) in [6.45, 7) is 3.53. The third kappa shape index (κ3) is 6.74. The minimum absolute atomic E-state index is 0.00663. The second-order valence-corrected chi connectivity index (χ2v) is 7.21. The molecule has 0 heterocycles. The number of hydrogen-bond donors (Lipinski definition) is 3. The lowest BCUT2D eigenvalue weighted by Crippen LogP contribution is -2.30. The van der Waals surface area contributed by atoms with Crippen LogP contribution in [0.15, 0.2) is 23.1 Å². The summed E-state index contributed by atoms with van der Waals surface area (Å²) in [7, 11) is -3.64. The third-order valence-electron chi connectivity index (χ3n) is 2.62. The Hall–Kier alpha value is -1.35. The van der Waals surface area contributed by atoms with E-state index in [1.54, 1.807) is 13.8 Å². The maximum absolute atomic E-state index is 12.0. The molecule has 0 unspecified atom stereocenters. The molecule has 0 bridgehead atoms. The summed E-state index contributed by atoms with van der Waals surface area (Å²) in [5, 5.41) is 11.3. The molecule has 1 amide bonds. The Morgan fingerprint density at radius 2 is 2.09 bits per heavy atom. The highest BCUT2D eigenvalue weighted by molar-refractivity contribution is 7.89. The fourth-order valence-corrected chi connectivity index (χ4v) is 3.22. The first-order valence-corrected chi connectivity index (χ1v) is 8.94. The highest BCUT2D eigenvalue weighted by atomic mass is 35.5. The van der Waals surface area contributed by atoms with E-state index in [9.17, 15) is 13.2 Å². The average Bonchev–Trinajstić information content (AvgIpc) is 2.44. The van der Waals surface area contributed by atoms with Gasteiger partial charge < -0.3 is 15.2 Å². The molecule has 0 atom stereocenters. The molecule has 0 spiro atoms. The number of ether oxygens (including phenoxy) is 1. The fraction of sp³-hybridized carbons (Fsp3) is 0.500. The van der Waals surface area contributed by atoms with Gasteiger partial charge >= 0.3 is 0 Å². The maximum Gasteiger partial charge on any atom is 0.257 e. The van der Waals surface area contributed by atoms with Crippen LogP contribution in [0.5, 0.6) is 5.75 Å². The first-order chi connectivity index (χ1) is 10.8. The first kappa shape index (κ1) is 19.7. The van der Waals surface area contributed by atoms with Crippen LogP contribution < -0.4 is 14.8 Å². The Kier molecular flexibility index (Phi) is 7.77. The second kappa shape index (κ2) is 9.07. The number of aliphatic hydroxyl groups excluding tert-OH is 1. The first-order valence-electron chi connectivity index (χ1n) is 7.08. The number of aliphatic hydroxyl groups is 1. The lowest BCUT2D eigenvalue weighted by Gasteiger charge is -2.12. The quantitative estimate of drug-likeness (QED) is 0.565. The van der Waals surface area contributed by atoms with Crippen LogP contribution in [0.3, 0.4) is 0 Å². The summed E-state index contributed by atoms with van der Waals surface area (Å²) in [5.74, 6) is -0.139. The van der Waals surface area contributed by atoms with E-state index < -0.39 is 10.0 Å². The maximum atomic E-state index is 12.0. The number of carbonyl (C=O) groups is 1. The molecule has 0 aliphatic rings. The minimum Gasteiger partial charge on any atom is -0.482 e. The molecule has 0 saturated carbocycles. The van der Waals surface area contributed by atoms with Crippen molar-refractivity contribution in [1.82, 2.24) is 10.0 Å². The van der Waals surface area contributed by atoms with E-state index in [1.165, 1.54) is 18.2 Å². The summed E-state index contributed by atoms with van der Waals surface area (Å²) >= 11 is 6.00. The Bertz CT molecular complexity index is 634. The van der Waals surface area contributed by atoms with Crippen LogP contribution in [0.4, 0.5) is 0 Å². The van der Waals surface area contributed by atoms with Gasteiger partial charge in [-0.3, -0.25) is 4.79 Å². The molecule has 0 aromatic heterocycles. The number of halogens is 1. The number of amides is 1. The largest absolute Gasteiger partial charge is 0.482 e. The van der Waals surface area contributed by atoms with Gasteiger partial charge in [0.1, 0.15) is 5.75 Å². The van der Waals surface area contributed by atoms with Gasteiger partial charge in [0, 0.05) is 19.2 Å². The SMILES string of the molecule is CC(C)NS(=O)(=O)c1ccc(OCC(=O)NCCCO)c(Cl)c1. The predicted octanol–water partition coefficient (Wildman–Crippen LogP) is 0.904. The number of carbonyl (C=O) groups excluding carboxylic acids is 1. The van der Waals surface area contributed by atoms with Gasteiger partial charge in [-0.2, -0.15) is 0 Å². The van der Waals surface area contributed by atoms with Crippen LogP contribution in [0.25, 0.3) is 0 Å². The Morgan fingerprint density at radius 3 is 2.65 bits per heavy atom. The lowest BCUT2D eigenvalue weighted by atomic mass is 10.3. The topological polar surface area (TPSA) is 105 Å². The van der Waals surface area contributed by atoms with Crippen LogP contribution in [-0.4, -0.2) is 45.2 Å². The van der Waals surface area contributed by atoms with Crippen molar-refractivity contribution in [2.45, 2.75) is 31.2 Å². The number of benzene rings is 1. The van der Waals surface area contributed by atoms with E-state index in [1.807, 2.05) is 0 Å². The number of rotatable bonds is 9. The fourth-order valence-electron chi connectivity index (χ4n) is 1.65. The molecular formula is C14H21ClN2O5S. The highest BCUT2D eigenvalue weighted by Crippen LogP contribution is 2.27. The molecule has 0 saturated heterocycles. The van der Waals surface area contributed by atoms with Crippen molar-refractivity contribution in [3.05, 3.63) is 23.2 Å². The Morgan fingerprint density at radius 1 is 1.39 bits per heavy atom. The van der Waals surface area contributed by atoms with Gasteiger partial charge in [-0.25, -0.2) is 13.1 Å². The van der Waals surface area contributed by atoms with Crippen molar-refractivity contribution in [2.75, 3.05) is 19.8 Å². The Labute approximate surface area is 141 Å². The van der Waals surface area contributed by atoms with Crippen molar-refractivity contribution in [3.63, 3.8) is 0 Å². The molecule has 9 heteroatoms. The van der Waals surface area contributed by atoms with E-state index in [0.29, 0.717) is 13.0 Å². The number of sulfonamides is 1. The summed E-state index contributed by atoms with van der Waals surface area (Å²) in [5.41, 5.74) is 0. The molecule has 0 aliphatic carbocycles. The molecule has 0 aliphatic heterocycles. The van der Waals surface area contributed by atoms with E-state index in [4.69, 9.17) is 21.4 Å². The molecule has 1 aromatic rings. The smallest absolute Gasteiger partial charge is 0.257 e. The minimum atomic E-state index is -3.64. The van der Waals surface area contributed by atoms with Crippen molar-refractivity contribution in [1.29, 1.82) is 0 Å². The van der Waals surface area contributed by atoms with Crippen LogP contribution in [0, 0.1) is 0 Å². The summed E-state index contributed by atoms with van der Waals surface area (Å²) in [6.07, 6.45) is 0.460.